The number of hydrogen-bond donors (Lipinski definition) is 2. The van der Waals surface area contributed by atoms with Gasteiger partial charge in [0.05, 0.1) is 24.4 Å². The lowest BCUT2D eigenvalue weighted by Gasteiger charge is -2.36. The van der Waals surface area contributed by atoms with E-state index in [0.29, 0.717) is 80.3 Å². The summed E-state index contributed by atoms with van der Waals surface area (Å²) in [6, 6.07) is 6.70. The Labute approximate surface area is 270 Å². The first kappa shape index (κ1) is 33.3. The maximum absolute atomic E-state index is 14.3. The maximum Gasteiger partial charge on any atom is 0.416 e. The third kappa shape index (κ3) is 7.92. The number of likely N-dealkylation sites (tertiary alicyclic amines) is 1. The second-order valence-electron chi connectivity index (χ2n) is 12.6. The number of rotatable bonds is 8. The van der Waals surface area contributed by atoms with Gasteiger partial charge in [-0.15, -0.1) is 0 Å². The number of alkyl halides is 4. The van der Waals surface area contributed by atoms with Crippen molar-refractivity contribution in [1.82, 2.24) is 25.3 Å². The van der Waals surface area contributed by atoms with E-state index in [-0.39, 0.29) is 48.3 Å². The van der Waals surface area contributed by atoms with E-state index in [9.17, 15) is 22.4 Å². The highest BCUT2D eigenvalue weighted by molar-refractivity contribution is 5.95. The van der Waals surface area contributed by atoms with Crippen LogP contribution in [-0.2, 0) is 15.7 Å². The molecule has 0 bridgehead atoms. The van der Waals surface area contributed by atoms with Crippen LogP contribution in [0.5, 0.6) is 0 Å². The molecule has 6 rings (SSSR count). The van der Waals surface area contributed by atoms with Gasteiger partial charge < -0.3 is 29.5 Å². The molecule has 47 heavy (non-hydrogen) atoms. The first-order chi connectivity index (χ1) is 22.5. The van der Waals surface area contributed by atoms with Gasteiger partial charge in [-0.3, -0.25) is 4.79 Å². The molecular weight excluding hydrogens is 620 g/mol. The predicted octanol–water partition coefficient (Wildman–Crippen LogP) is 5.81. The van der Waals surface area contributed by atoms with Crippen molar-refractivity contribution >= 4 is 11.7 Å². The van der Waals surface area contributed by atoms with Crippen LogP contribution in [0.3, 0.4) is 0 Å². The molecular formula is C33H40F4N6O4. The Kier molecular flexibility index (Phi) is 10.1. The lowest BCUT2D eigenvalue weighted by atomic mass is 9.97. The van der Waals surface area contributed by atoms with Crippen LogP contribution in [0.15, 0.2) is 34.9 Å². The molecule has 2 aromatic heterocycles. The molecule has 3 fully saturated rings. The summed E-state index contributed by atoms with van der Waals surface area (Å²) < 4.78 is 70.2. The number of aryl methyl sites for hydroxylation is 1. The Hall–Kier alpha value is -3.62. The molecule has 1 aromatic carbocycles. The smallest absolute Gasteiger partial charge is 0.378 e. The number of nitrogens with one attached hydrogen (secondary N) is 2. The summed E-state index contributed by atoms with van der Waals surface area (Å²) in [5, 5.41) is 10.8. The zero-order valence-electron chi connectivity index (χ0n) is 26.5. The molecule has 14 heteroatoms. The van der Waals surface area contributed by atoms with E-state index in [1.54, 1.807) is 24.8 Å². The minimum atomic E-state index is -4.39. The standard InChI is InChI=1S/C33H40F4N6O4/c1-19-16-27(42-47-19)31-40-29(32(44)43-13-10-23(11-14-43)39-26-12-15-45-18-25(26)34)20(2)30(41-31)38-17-24-4-3-5-28(46-24)21-6-8-22(9-7-21)33(35,36)37/h6-9,16,23-26,28,39H,3-5,10-15,17-18H2,1-2H3,(H,38,40,41)/t24-,25+,26-,28+/m1/s1. The number of amides is 1. The summed E-state index contributed by atoms with van der Waals surface area (Å²) in [5.41, 5.74) is 1.25. The van der Waals surface area contributed by atoms with Crippen molar-refractivity contribution in [3.05, 3.63) is 58.5 Å². The molecule has 1 amide bonds. The average Bonchev–Trinajstić information content (AvgIpc) is 3.51. The van der Waals surface area contributed by atoms with Gasteiger partial charge in [0.1, 0.15) is 23.4 Å². The van der Waals surface area contributed by atoms with Crippen LogP contribution in [0, 0.1) is 13.8 Å². The summed E-state index contributed by atoms with van der Waals surface area (Å²) >= 11 is 0. The van der Waals surface area contributed by atoms with Crippen molar-refractivity contribution in [2.24, 2.45) is 0 Å². The lowest BCUT2D eigenvalue weighted by molar-refractivity contribution is -0.137. The number of nitrogens with zero attached hydrogens (tertiary/aromatic N) is 4. The van der Waals surface area contributed by atoms with Gasteiger partial charge in [0.15, 0.2) is 11.5 Å². The van der Waals surface area contributed by atoms with Crippen molar-refractivity contribution in [2.75, 3.05) is 38.2 Å². The molecule has 0 saturated carbocycles. The molecule has 254 valence electrons. The number of carbonyl (C=O) groups excluding carboxylic acids is 1. The molecule has 2 N–H and O–H groups in total. The third-order valence-electron chi connectivity index (χ3n) is 9.18. The molecule has 0 unspecified atom stereocenters. The van der Waals surface area contributed by atoms with Gasteiger partial charge in [-0.2, -0.15) is 13.2 Å². The fourth-order valence-corrected chi connectivity index (χ4v) is 6.47. The summed E-state index contributed by atoms with van der Waals surface area (Å²) in [4.78, 5) is 25.0. The fourth-order valence-electron chi connectivity index (χ4n) is 6.47. The van der Waals surface area contributed by atoms with E-state index < -0.39 is 17.9 Å². The SMILES string of the molecule is Cc1cc(-c2nc(NC[C@H]3CCC[C@@H](c4ccc(C(F)(F)F)cc4)O3)c(C)c(C(=O)N3CCC(N[C@@H]4CCOC[C@@H]4F)CC3)n2)no1. The van der Waals surface area contributed by atoms with Crippen molar-refractivity contribution in [3.63, 3.8) is 0 Å². The Bertz CT molecular complexity index is 1530. The van der Waals surface area contributed by atoms with Crippen LogP contribution in [-0.4, -0.2) is 83.1 Å². The number of ether oxygens (including phenoxy) is 2. The summed E-state index contributed by atoms with van der Waals surface area (Å²) in [6.07, 6.45) is -1.65. The van der Waals surface area contributed by atoms with Crippen LogP contribution >= 0.6 is 0 Å². The van der Waals surface area contributed by atoms with Gasteiger partial charge in [-0.25, -0.2) is 14.4 Å². The molecule has 4 atom stereocenters. The topological polar surface area (TPSA) is 115 Å². The number of aromatic nitrogens is 3. The lowest BCUT2D eigenvalue weighted by Crippen LogP contribution is -2.52. The predicted molar refractivity (Wildman–Crippen MR) is 165 cm³/mol. The van der Waals surface area contributed by atoms with E-state index >= 15 is 0 Å². The minimum Gasteiger partial charge on any atom is -0.378 e. The second kappa shape index (κ2) is 14.2. The molecule has 0 radical (unpaired) electrons. The monoisotopic (exact) mass is 660 g/mol. The van der Waals surface area contributed by atoms with E-state index in [2.05, 4.69) is 25.8 Å². The first-order valence-electron chi connectivity index (χ1n) is 16.2. The maximum atomic E-state index is 14.3. The first-order valence-corrected chi connectivity index (χ1v) is 16.2. The Morgan fingerprint density at radius 2 is 1.81 bits per heavy atom. The molecule has 10 nitrogen and oxygen atoms in total. The summed E-state index contributed by atoms with van der Waals surface area (Å²) in [5.74, 6) is 1.06. The van der Waals surface area contributed by atoms with Gasteiger partial charge >= 0.3 is 6.18 Å². The molecule has 3 aliphatic heterocycles. The van der Waals surface area contributed by atoms with Crippen LogP contribution < -0.4 is 10.6 Å². The van der Waals surface area contributed by atoms with Crippen molar-refractivity contribution in [3.8, 4) is 11.5 Å². The van der Waals surface area contributed by atoms with E-state index in [1.165, 1.54) is 12.1 Å². The second-order valence-corrected chi connectivity index (χ2v) is 12.6. The van der Waals surface area contributed by atoms with Crippen LogP contribution in [0.25, 0.3) is 11.5 Å². The van der Waals surface area contributed by atoms with Gasteiger partial charge in [0.25, 0.3) is 5.91 Å². The van der Waals surface area contributed by atoms with Crippen molar-refractivity contribution in [2.45, 2.75) is 89.0 Å². The van der Waals surface area contributed by atoms with E-state index in [0.717, 1.165) is 25.0 Å². The van der Waals surface area contributed by atoms with Crippen LogP contribution in [0.1, 0.15) is 77.6 Å². The number of carbonyl (C=O) groups is 1. The zero-order chi connectivity index (χ0) is 33.1. The summed E-state index contributed by atoms with van der Waals surface area (Å²) in [7, 11) is 0. The highest BCUT2D eigenvalue weighted by atomic mass is 19.4. The van der Waals surface area contributed by atoms with Crippen LogP contribution in [0.4, 0.5) is 23.4 Å². The zero-order valence-corrected chi connectivity index (χ0v) is 26.5. The van der Waals surface area contributed by atoms with Gasteiger partial charge in [-0.1, -0.05) is 17.3 Å². The highest BCUT2D eigenvalue weighted by Gasteiger charge is 2.33. The number of benzene rings is 1. The molecule has 3 aromatic rings. The molecule has 5 heterocycles. The Balaban J connectivity index is 1.14. The molecule has 0 aliphatic carbocycles. The normalized spacial score (nSPS) is 24.3. The molecule has 0 spiro atoms. The fraction of sp³-hybridized carbons (Fsp3) is 0.576. The van der Waals surface area contributed by atoms with Crippen molar-refractivity contribution < 1.29 is 36.4 Å². The van der Waals surface area contributed by atoms with Gasteiger partial charge in [0, 0.05) is 50.0 Å². The molecule has 3 saturated heterocycles. The average molecular weight is 661 g/mol. The van der Waals surface area contributed by atoms with Gasteiger partial charge in [0.2, 0.25) is 0 Å². The van der Waals surface area contributed by atoms with E-state index in [4.69, 9.17) is 14.0 Å². The van der Waals surface area contributed by atoms with Crippen molar-refractivity contribution in [1.29, 1.82) is 0 Å². The Morgan fingerprint density at radius 3 is 2.49 bits per heavy atom. The van der Waals surface area contributed by atoms with Gasteiger partial charge in [-0.05, 0) is 70.1 Å². The quantitative estimate of drug-likeness (QED) is 0.289. The Morgan fingerprint density at radius 1 is 1.04 bits per heavy atom. The van der Waals surface area contributed by atoms with Crippen LogP contribution in [0.2, 0.25) is 0 Å². The third-order valence-corrected chi connectivity index (χ3v) is 9.18. The number of anilines is 1. The number of hydrogen-bond acceptors (Lipinski definition) is 9. The van der Waals surface area contributed by atoms with E-state index in [1.807, 2.05) is 0 Å². The minimum absolute atomic E-state index is 0.109. The molecule has 3 aliphatic rings. The number of halogens is 4. The number of piperidine rings is 1. The summed E-state index contributed by atoms with van der Waals surface area (Å²) in [6.45, 7) is 5.58. The largest absolute Gasteiger partial charge is 0.416 e. The highest BCUT2D eigenvalue weighted by Crippen LogP contribution is 2.35.